The third-order valence-electron chi connectivity index (χ3n) is 4.74. The van der Waals surface area contributed by atoms with Gasteiger partial charge in [-0.1, -0.05) is 29.5 Å². The molecule has 1 unspecified atom stereocenters. The number of hydrogen-bond donors (Lipinski definition) is 0. The molecule has 0 N–H and O–H groups in total. The van der Waals surface area contributed by atoms with Gasteiger partial charge in [0.25, 0.3) is 5.56 Å². The molecule has 0 aliphatic rings. The molecule has 0 fully saturated rings. The second-order valence-electron chi connectivity index (χ2n) is 6.34. The topological polar surface area (TPSA) is 77.3 Å². The molecule has 3 aromatic rings. The second kappa shape index (κ2) is 7.99. The third-order valence-corrected chi connectivity index (χ3v) is 4.74. The Labute approximate surface area is 157 Å². The molecular weight excluding hydrogens is 344 g/mol. The fourth-order valence-corrected chi connectivity index (χ4v) is 2.87. The molecule has 0 aliphatic heterocycles. The summed E-state index contributed by atoms with van der Waals surface area (Å²) < 4.78 is 6.40. The van der Waals surface area contributed by atoms with Crippen LogP contribution in [0.5, 0.6) is 5.75 Å². The van der Waals surface area contributed by atoms with E-state index in [0.29, 0.717) is 10.9 Å². The van der Waals surface area contributed by atoms with Gasteiger partial charge in [0.2, 0.25) is 5.91 Å². The number of hydrogen-bond acceptors (Lipinski definition) is 5. The van der Waals surface area contributed by atoms with Gasteiger partial charge in [0.15, 0.2) is 0 Å². The first-order chi connectivity index (χ1) is 13.0. The molecule has 0 spiro atoms. The standard InChI is InChI=1S/C20H22N4O3/c1-14(15-8-10-16(27-3)11-9-15)23(2)19(25)12-13-24-20(26)17-6-4-5-7-18(17)21-22-24/h4-11,14H,12-13H2,1-3H3. The monoisotopic (exact) mass is 366 g/mol. The van der Waals surface area contributed by atoms with Crippen LogP contribution in [0.15, 0.2) is 53.3 Å². The van der Waals surface area contributed by atoms with Gasteiger partial charge < -0.3 is 9.64 Å². The molecule has 1 atom stereocenters. The predicted octanol–water partition coefficient (Wildman–Crippen LogP) is 2.41. The number of aromatic nitrogens is 3. The lowest BCUT2D eigenvalue weighted by Gasteiger charge is -2.25. The van der Waals surface area contributed by atoms with Gasteiger partial charge >= 0.3 is 0 Å². The van der Waals surface area contributed by atoms with Crippen molar-refractivity contribution in [3.8, 4) is 5.75 Å². The molecule has 7 nitrogen and oxygen atoms in total. The first-order valence-corrected chi connectivity index (χ1v) is 8.73. The minimum atomic E-state index is -0.237. The number of rotatable bonds is 6. The van der Waals surface area contributed by atoms with Crippen LogP contribution >= 0.6 is 0 Å². The van der Waals surface area contributed by atoms with Crippen LogP contribution in [0.4, 0.5) is 0 Å². The Morgan fingerprint density at radius 2 is 1.89 bits per heavy atom. The highest BCUT2D eigenvalue weighted by atomic mass is 16.5. The van der Waals surface area contributed by atoms with E-state index in [1.165, 1.54) is 4.68 Å². The highest BCUT2D eigenvalue weighted by Gasteiger charge is 2.18. The minimum Gasteiger partial charge on any atom is -0.497 e. The van der Waals surface area contributed by atoms with Crippen LogP contribution < -0.4 is 10.3 Å². The summed E-state index contributed by atoms with van der Waals surface area (Å²) in [7, 11) is 3.37. The van der Waals surface area contributed by atoms with Crippen LogP contribution in [0.2, 0.25) is 0 Å². The van der Waals surface area contributed by atoms with E-state index in [0.717, 1.165) is 11.3 Å². The molecular formula is C20H22N4O3. The normalized spacial score (nSPS) is 12.0. The van der Waals surface area contributed by atoms with E-state index in [-0.39, 0.29) is 30.5 Å². The number of methoxy groups -OCH3 is 1. The molecule has 0 bridgehead atoms. The molecule has 1 heterocycles. The summed E-state index contributed by atoms with van der Waals surface area (Å²) >= 11 is 0. The first kappa shape index (κ1) is 18.6. The molecule has 0 saturated carbocycles. The molecule has 7 heteroatoms. The maximum Gasteiger partial charge on any atom is 0.277 e. The zero-order valence-corrected chi connectivity index (χ0v) is 15.6. The van der Waals surface area contributed by atoms with Crippen LogP contribution in [-0.2, 0) is 11.3 Å². The number of carbonyl (C=O) groups excluding carboxylic acids is 1. The molecule has 1 amide bonds. The number of benzene rings is 2. The van der Waals surface area contributed by atoms with Crippen molar-refractivity contribution in [2.75, 3.05) is 14.2 Å². The van der Waals surface area contributed by atoms with Crippen molar-refractivity contribution in [1.82, 2.24) is 19.9 Å². The van der Waals surface area contributed by atoms with Crippen molar-refractivity contribution in [3.05, 3.63) is 64.4 Å². The van der Waals surface area contributed by atoms with E-state index in [9.17, 15) is 9.59 Å². The lowest BCUT2D eigenvalue weighted by Crippen LogP contribution is -2.32. The number of ether oxygens (including phenoxy) is 1. The highest BCUT2D eigenvalue weighted by Crippen LogP contribution is 2.22. The van der Waals surface area contributed by atoms with Gasteiger partial charge in [0.1, 0.15) is 11.3 Å². The summed E-state index contributed by atoms with van der Waals surface area (Å²) in [6, 6.07) is 14.6. The van der Waals surface area contributed by atoms with E-state index in [4.69, 9.17) is 4.74 Å². The number of aryl methyl sites for hydroxylation is 1. The second-order valence-corrected chi connectivity index (χ2v) is 6.34. The van der Waals surface area contributed by atoms with Crippen molar-refractivity contribution in [2.45, 2.75) is 25.9 Å². The first-order valence-electron chi connectivity index (χ1n) is 8.73. The Morgan fingerprint density at radius 3 is 2.59 bits per heavy atom. The van der Waals surface area contributed by atoms with Gasteiger partial charge in [0.05, 0.1) is 25.1 Å². The zero-order valence-electron chi connectivity index (χ0n) is 15.6. The van der Waals surface area contributed by atoms with Gasteiger partial charge in [-0.2, -0.15) is 0 Å². The van der Waals surface area contributed by atoms with Crippen molar-refractivity contribution >= 4 is 16.8 Å². The molecule has 2 aromatic carbocycles. The van der Waals surface area contributed by atoms with E-state index >= 15 is 0 Å². The Kier molecular flexibility index (Phi) is 5.49. The van der Waals surface area contributed by atoms with E-state index in [1.54, 1.807) is 43.3 Å². The van der Waals surface area contributed by atoms with Gasteiger partial charge in [-0.15, -0.1) is 5.10 Å². The molecule has 0 saturated heterocycles. The quantitative estimate of drug-likeness (QED) is 0.669. The maximum absolute atomic E-state index is 12.6. The van der Waals surface area contributed by atoms with Crippen LogP contribution in [-0.4, -0.2) is 40.0 Å². The van der Waals surface area contributed by atoms with Crippen molar-refractivity contribution in [3.63, 3.8) is 0 Å². The van der Waals surface area contributed by atoms with Crippen LogP contribution in [0, 0.1) is 0 Å². The summed E-state index contributed by atoms with van der Waals surface area (Å²) in [5.74, 6) is 0.703. The zero-order chi connectivity index (χ0) is 19.4. The Balaban J connectivity index is 1.67. The molecule has 140 valence electrons. The molecule has 3 rings (SSSR count). The van der Waals surface area contributed by atoms with E-state index in [1.807, 2.05) is 31.2 Å². The largest absolute Gasteiger partial charge is 0.497 e. The summed E-state index contributed by atoms with van der Waals surface area (Å²) in [4.78, 5) is 26.7. The number of fused-ring (bicyclic) bond motifs is 1. The summed E-state index contributed by atoms with van der Waals surface area (Å²) in [5.41, 5.74) is 1.32. The Hall–Kier alpha value is -3.22. The van der Waals surface area contributed by atoms with E-state index < -0.39 is 0 Å². The van der Waals surface area contributed by atoms with Crippen molar-refractivity contribution in [1.29, 1.82) is 0 Å². The van der Waals surface area contributed by atoms with Crippen molar-refractivity contribution in [2.24, 2.45) is 0 Å². The average molecular weight is 366 g/mol. The van der Waals surface area contributed by atoms with Crippen LogP contribution in [0.1, 0.15) is 24.9 Å². The Morgan fingerprint density at radius 1 is 1.19 bits per heavy atom. The van der Waals surface area contributed by atoms with Crippen molar-refractivity contribution < 1.29 is 9.53 Å². The minimum absolute atomic E-state index is 0.0693. The van der Waals surface area contributed by atoms with Gasteiger partial charge in [-0.3, -0.25) is 9.59 Å². The maximum atomic E-state index is 12.6. The number of carbonyl (C=O) groups is 1. The van der Waals surface area contributed by atoms with Crippen LogP contribution in [0.25, 0.3) is 10.9 Å². The SMILES string of the molecule is COc1ccc(C(C)N(C)C(=O)CCn2nnc3ccccc3c2=O)cc1. The van der Waals surface area contributed by atoms with Gasteiger partial charge in [-0.25, -0.2) is 4.68 Å². The third kappa shape index (κ3) is 3.97. The fourth-order valence-electron chi connectivity index (χ4n) is 2.87. The molecule has 1 aromatic heterocycles. The summed E-state index contributed by atoms with van der Waals surface area (Å²) in [6.07, 6.45) is 0.171. The summed E-state index contributed by atoms with van der Waals surface area (Å²) in [6.45, 7) is 2.15. The molecule has 0 radical (unpaired) electrons. The predicted molar refractivity (Wildman–Crippen MR) is 103 cm³/mol. The lowest BCUT2D eigenvalue weighted by molar-refractivity contribution is -0.132. The fraction of sp³-hybridized carbons (Fsp3) is 0.300. The smallest absolute Gasteiger partial charge is 0.277 e. The number of amides is 1. The molecule has 0 aliphatic carbocycles. The Bertz CT molecular complexity index is 998. The van der Waals surface area contributed by atoms with E-state index in [2.05, 4.69) is 10.3 Å². The van der Waals surface area contributed by atoms with Gasteiger partial charge in [0, 0.05) is 13.5 Å². The highest BCUT2D eigenvalue weighted by molar-refractivity contribution is 5.77. The van der Waals surface area contributed by atoms with Crippen LogP contribution in [0.3, 0.4) is 0 Å². The molecule has 27 heavy (non-hydrogen) atoms. The van der Waals surface area contributed by atoms with Gasteiger partial charge in [-0.05, 0) is 36.8 Å². The summed E-state index contributed by atoms with van der Waals surface area (Å²) in [5, 5.41) is 8.47. The lowest BCUT2D eigenvalue weighted by atomic mass is 10.1. The number of nitrogens with zero attached hydrogens (tertiary/aromatic N) is 4. The average Bonchev–Trinajstić information content (AvgIpc) is 2.72.